The van der Waals surface area contributed by atoms with Gasteiger partial charge >= 0.3 is 0 Å². The average molecular weight is 475 g/mol. The highest BCUT2D eigenvalue weighted by Gasteiger charge is 2.39. The van der Waals surface area contributed by atoms with E-state index in [-0.39, 0.29) is 23.4 Å². The first-order valence-corrected chi connectivity index (χ1v) is 12.9. The average Bonchev–Trinajstić information content (AvgIpc) is 2.75. The molecule has 166 valence electrons. The van der Waals surface area contributed by atoms with E-state index in [1.807, 2.05) is 6.92 Å². The second-order valence-corrected chi connectivity index (χ2v) is 10.9. The summed E-state index contributed by atoms with van der Waals surface area (Å²) in [6.07, 6.45) is 3.83. The maximum atomic E-state index is 13.1. The predicted octanol–water partition coefficient (Wildman–Crippen LogP) is 4.01. The first kappa shape index (κ1) is 23.5. The molecule has 0 radical (unpaired) electrons. The molecular formula is C21H28Cl2N2O4S. The van der Waals surface area contributed by atoms with Crippen LogP contribution in [0.1, 0.15) is 55.8 Å². The topological polar surface area (TPSA) is 74.8 Å². The maximum absolute atomic E-state index is 13.1. The third-order valence-corrected chi connectivity index (χ3v) is 8.75. The quantitative estimate of drug-likeness (QED) is 0.583. The fraction of sp³-hybridized carbons (Fsp3) is 0.619. The Hall–Kier alpha value is -1.15. The van der Waals surface area contributed by atoms with Crippen LogP contribution >= 0.6 is 23.2 Å². The van der Waals surface area contributed by atoms with Crippen LogP contribution in [-0.4, -0.2) is 60.7 Å². The van der Waals surface area contributed by atoms with Crippen LogP contribution in [-0.2, 0) is 14.8 Å². The molecule has 1 unspecified atom stereocenters. The van der Waals surface area contributed by atoms with Crippen LogP contribution in [0, 0.1) is 5.92 Å². The standard InChI is InChI=1S/C21H28Cl2N2O4S/c1-2-13-30(28,29)25-10-4-3-5-19(25)21(27)24-11-8-15(9-12-24)20(26)16-6-7-17(22)18(23)14-16/h6-7,14-15,19H,2-5,8-13H2,1H3. The summed E-state index contributed by atoms with van der Waals surface area (Å²) in [4.78, 5) is 27.7. The Labute approximate surface area is 188 Å². The van der Waals surface area contributed by atoms with Crippen molar-refractivity contribution in [1.29, 1.82) is 0 Å². The SMILES string of the molecule is CCCS(=O)(=O)N1CCCCC1C(=O)N1CCC(C(=O)c2ccc(Cl)c(Cl)c2)CC1. The van der Waals surface area contributed by atoms with Crippen molar-refractivity contribution in [3.8, 4) is 0 Å². The van der Waals surface area contributed by atoms with Crippen molar-refractivity contribution in [2.24, 2.45) is 5.92 Å². The Morgan fingerprint density at radius 2 is 1.73 bits per heavy atom. The lowest BCUT2D eigenvalue weighted by molar-refractivity contribution is -0.137. The van der Waals surface area contributed by atoms with Crippen LogP contribution in [0.25, 0.3) is 0 Å². The highest BCUT2D eigenvalue weighted by Crippen LogP contribution is 2.29. The number of amides is 1. The number of sulfonamides is 1. The maximum Gasteiger partial charge on any atom is 0.241 e. The van der Waals surface area contributed by atoms with Gasteiger partial charge in [-0.1, -0.05) is 36.5 Å². The van der Waals surface area contributed by atoms with E-state index in [0.29, 0.717) is 60.9 Å². The van der Waals surface area contributed by atoms with Crippen LogP contribution in [0.5, 0.6) is 0 Å². The van der Waals surface area contributed by atoms with Gasteiger partial charge in [0.05, 0.1) is 15.8 Å². The van der Waals surface area contributed by atoms with E-state index in [1.54, 1.807) is 23.1 Å². The lowest BCUT2D eigenvalue weighted by atomic mass is 9.88. The van der Waals surface area contributed by atoms with Gasteiger partial charge in [-0.25, -0.2) is 8.42 Å². The molecule has 2 fully saturated rings. The number of benzene rings is 1. The molecule has 2 heterocycles. The van der Waals surface area contributed by atoms with Crippen molar-refractivity contribution in [2.45, 2.75) is 51.5 Å². The first-order chi connectivity index (χ1) is 14.2. The van der Waals surface area contributed by atoms with Crippen LogP contribution in [0.3, 0.4) is 0 Å². The Morgan fingerprint density at radius 1 is 1.03 bits per heavy atom. The molecule has 0 bridgehead atoms. The molecule has 1 atom stereocenters. The second kappa shape index (κ2) is 9.98. The number of hydrogen-bond acceptors (Lipinski definition) is 4. The first-order valence-electron chi connectivity index (χ1n) is 10.5. The largest absolute Gasteiger partial charge is 0.341 e. The highest BCUT2D eigenvalue weighted by atomic mass is 35.5. The molecule has 30 heavy (non-hydrogen) atoms. The molecule has 1 aromatic carbocycles. The van der Waals surface area contributed by atoms with Gasteiger partial charge in [0, 0.05) is 31.1 Å². The van der Waals surface area contributed by atoms with Gasteiger partial charge in [-0.3, -0.25) is 9.59 Å². The molecule has 3 rings (SSSR count). The number of Topliss-reactive ketones (excluding diaryl/α,β-unsaturated/α-hetero) is 1. The number of likely N-dealkylation sites (tertiary alicyclic amines) is 1. The number of nitrogens with zero attached hydrogens (tertiary/aromatic N) is 2. The molecule has 9 heteroatoms. The van der Waals surface area contributed by atoms with Crippen LogP contribution in [0.4, 0.5) is 0 Å². The summed E-state index contributed by atoms with van der Waals surface area (Å²) in [7, 11) is -3.43. The van der Waals surface area contributed by atoms with E-state index in [0.717, 1.165) is 12.8 Å². The Bertz CT molecular complexity index is 898. The number of rotatable bonds is 6. The molecule has 1 aromatic rings. The summed E-state index contributed by atoms with van der Waals surface area (Å²) in [6.45, 7) is 3.14. The molecule has 2 aliphatic rings. The van der Waals surface area contributed by atoms with E-state index in [2.05, 4.69) is 0 Å². The molecule has 6 nitrogen and oxygen atoms in total. The van der Waals surface area contributed by atoms with E-state index >= 15 is 0 Å². The normalized spacial score (nSPS) is 21.6. The predicted molar refractivity (Wildman–Crippen MR) is 119 cm³/mol. The van der Waals surface area contributed by atoms with Gasteiger partial charge in [0.1, 0.15) is 6.04 Å². The zero-order valence-corrected chi connectivity index (χ0v) is 19.5. The van der Waals surface area contributed by atoms with Gasteiger partial charge in [0.15, 0.2) is 5.78 Å². The smallest absolute Gasteiger partial charge is 0.241 e. The molecule has 0 aliphatic carbocycles. The van der Waals surface area contributed by atoms with Gasteiger partial charge < -0.3 is 4.90 Å². The summed E-state index contributed by atoms with van der Waals surface area (Å²) >= 11 is 12.0. The molecule has 2 saturated heterocycles. The monoisotopic (exact) mass is 474 g/mol. The van der Waals surface area contributed by atoms with Crippen molar-refractivity contribution in [3.05, 3.63) is 33.8 Å². The summed E-state index contributed by atoms with van der Waals surface area (Å²) in [5.74, 6) is -0.241. The number of piperidine rings is 2. The van der Waals surface area contributed by atoms with Crippen molar-refractivity contribution in [2.75, 3.05) is 25.4 Å². The number of halogens is 2. The van der Waals surface area contributed by atoms with E-state index < -0.39 is 16.1 Å². The minimum absolute atomic E-state index is 0.00508. The third kappa shape index (κ3) is 5.18. The number of hydrogen-bond donors (Lipinski definition) is 0. The summed E-state index contributed by atoms with van der Waals surface area (Å²) < 4.78 is 26.7. The molecule has 0 aromatic heterocycles. The van der Waals surface area contributed by atoms with Crippen LogP contribution in [0.2, 0.25) is 10.0 Å². The van der Waals surface area contributed by atoms with Gasteiger partial charge in [0.25, 0.3) is 0 Å². The van der Waals surface area contributed by atoms with Crippen molar-refractivity contribution >= 4 is 44.9 Å². The fourth-order valence-electron chi connectivity index (χ4n) is 4.32. The minimum atomic E-state index is -3.43. The highest BCUT2D eigenvalue weighted by molar-refractivity contribution is 7.89. The van der Waals surface area contributed by atoms with Gasteiger partial charge in [-0.05, 0) is 50.3 Å². The Balaban J connectivity index is 1.64. The number of ketones is 1. The minimum Gasteiger partial charge on any atom is -0.341 e. The van der Waals surface area contributed by atoms with E-state index in [4.69, 9.17) is 23.2 Å². The molecule has 0 saturated carbocycles. The molecule has 0 N–H and O–H groups in total. The molecule has 0 spiro atoms. The Kier molecular flexibility index (Phi) is 7.82. The lowest BCUT2D eigenvalue weighted by Gasteiger charge is -2.39. The molecule has 2 aliphatic heterocycles. The van der Waals surface area contributed by atoms with Gasteiger partial charge in [-0.15, -0.1) is 0 Å². The molecule has 1 amide bonds. The van der Waals surface area contributed by atoms with Crippen molar-refractivity contribution < 1.29 is 18.0 Å². The third-order valence-electron chi connectivity index (χ3n) is 5.94. The van der Waals surface area contributed by atoms with Gasteiger partial charge in [-0.2, -0.15) is 4.31 Å². The van der Waals surface area contributed by atoms with Crippen molar-refractivity contribution in [1.82, 2.24) is 9.21 Å². The van der Waals surface area contributed by atoms with Crippen molar-refractivity contribution in [3.63, 3.8) is 0 Å². The van der Waals surface area contributed by atoms with Crippen LogP contribution < -0.4 is 0 Å². The van der Waals surface area contributed by atoms with E-state index in [1.165, 1.54) is 4.31 Å². The summed E-state index contributed by atoms with van der Waals surface area (Å²) in [6, 6.07) is 4.26. The number of carbonyl (C=O) groups is 2. The lowest BCUT2D eigenvalue weighted by Crippen LogP contribution is -2.54. The number of carbonyl (C=O) groups excluding carboxylic acids is 2. The van der Waals surface area contributed by atoms with Gasteiger partial charge in [0.2, 0.25) is 15.9 Å². The second-order valence-electron chi connectivity index (χ2n) is 8.03. The summed E-state index contributed by atoms with van der Waals surface area (Å²) in [5.41, 5.74) is 0.526. The Morgan fingerprint density at radius 3 is 2.37 bits per heavy atom. The van der Waals surface area contributed by atoms with Crippen LogP contribution in [0.15, 0.2) is 18.2 Å². The fourth-order valence-corrected chi connectivity index (χ4v) is 6.36. The zero-order valence-electron chi connectivity index (χ0n) is 17.1. The molecular weight excluding hydrogens is 447 g/mol. The zero-order chi connectivity index (χ0) is 21.9. The van der Waals surface area contributed by atoms with E-state index in [9.17, 15) is 18.0 Å². The summed E-state index contributed by atoms with van der Waals surface area (Å²) in [5, 5.41) is 0.754.